The molecule has 2 heterocycles. The first-order valence-electron chi connectivity index (χ1n) is 16.4. The summed E-state index contributed by atoms with van der Waals surface area (Å²) in [6.07, 6.45) is 4.05. The number of carbonyl (C=O) groups is 6. The molecule has 1 saturated heterocycles. The third kappa shape index (κ3) is 6.80. The van der Waals surface area contributed by atoms with Crippen LogP contribution in [-0.4, -0.2) is 103 Å². The summed E-state index contributed by atoms with van der Waals surface area (Å²) in [4.78, 5) is 76.6. The monoisotopic (exact) mass is 678 g/mol. The molecular weight excluding hydrogens is 640 g/mol. The first-order chi connectivity index (χ1) is 23.6. The van der Waals surface area contributed by atoms with E-state index in [4.69, 9.17) is 18.9 Å². The topological polar surface area (TPSA) is 195 Å². The Kier molecular flexibility index (Phi) is 10.1. The molecule has 14 nitrogen and oxygen atoms in total. The van der Waals surface area contributed by atoms with Crippen molar-refractivity contribution in [3.63, 3.8) is 0 Å². The summed E-state index contributed by atoms with van der Waals surface area (Å²) in [7, 11) is 1.39. The van der Waals surface area contributed by atoms with E-state index < -0.39 is 53.3 Å². The fraction of sp³-hybridized carbons (Fsp3) is 0.486. The maximum absolute atomic E-state index is 13.5. The minimum absolute atomic E-state index is 0.0620. The Labute approximate surface area is 281 Å². The van der Waals surface area contributed by atoms with Gasteiger partial charge in [0.25, 0.3) is 11.8 Å². The van der Waals surface area contributed by atoms with Crippen molar-refractivity contribution in [1.82, 2.24) is 10.2 Å². The molecule has 2 aliphatic heterocycles. The highest BCUT2D eigenvalue weighted by Crippen LogP contribution is 2.50. The van der Waals surface area contributed by atoms with Gasteiger partial charge in [0.1, 0.15) is 30.5 Å². The zero-order valence-electron chi connectivity index (χ0n) is 27.0. The Morgan fingerprint density at radius 2 is 1.69 bits per heavy atom. The lowest BCUT2D eigenvalue weighted by Crippen LogP contribution is -2.43. The number of benzene rings is 1. The third-order valence-corrected chi connectivity index (χ3v) is 9.69. The number of methoxy groups -OCH3 is 1. The lowest BCUT2D eigenvalue weighted by atomic mass is 9.64. The smallest absolute Gasteiger partial charge is 0.253 e. The molecule has 260 valence electrons. The fourth-order valence-corrected chi connectivity index (χ4v) is 7.18. The van der Waals surface area contributed by atoms with Gasteiger partial charge in [0.15, 0.2) is 23.6 Å². The Morgan fingerprint density at radius 1 is 0.959 bits per heavy atom. The third-order valence-electron chi connectivity index (χ3n) is 9.69. The van der Waals surface area contributed by atoms with Gasteiger partial charge in [-0.05, 0) is 55.7 Å². The van der Waals surface area contributed by atoms with E-state index in [1.165, 1.54) is 25.3 Å². The molecule has 0 spiro atoms. The predicted octanol–water partition coefficient (Wildman–Crippen LogP) is 2.28. The van der Waals surface area contributed by atoms with E-state index in [0.717, 1.165) is 11.3 Å². The Morgan fingerprint density at radius 3 is 2.45 bits per heavy atom. The number of amides is 3. The lowest BCUT2D eigenvalue weighted by Gasteiger charge is -2.38. The number of hydrogen-bond acceptors (Lipinski definition) is 12. The van der Waals surface area contributed by atoms with Crippen molar-refractivity contribution in [2.75, 3.05) is 40.0 Å². The van der Waals surface area contributed by atoms with Crippen LogP contribution in [0.1, 0.15) is 59.2 Å². The zero-order chi connectivity index (χ0) is 34.8. The van der Waals surface area contributed by atoms with Crippen molar-refractivity contribution in [2.45, 2.75) is 50.9 Å². The van der Waals surface area contributed by atoms with E-state index in [-0.39, 0.29) is 86.0 Å². The number of fused-ring (bicyclic) bond motifs is 3. The summed E-state index contributed by atoms with van der Waals surface area (Å²) in [5.74, 6) is -5.83. The van der Waals surface area contributed by atoms with Gasteiger partial charge in [0.05, 0.1) is 37.2 Å². The van der Waals surface area contributed by atoms with Crippen LogP contribution < -0.4 is 10.1 Å². The number of ketones is 3. The van der Waals surface area contributed by atoms with E-state index in [1.807, 2.05) is 0 Å². The molecule has 5 unspecified atom stereocenters. The van der Waals surface area contributed by atoms with E-state index in [1.54, 1.807) is 12.1 Å². The Hall–Kier alpha value is -4.66. The molecule has 1 aromatic carbocycles. The quantitative estimate of drug-likeness (QED) is 0.274. The molecule has 0 radical (unpaired) electrons. The maximum Gasteiger partial charge on any atom is 0.253 e. The van der Waals surface area contributed by atoms with Crippen molar-refractivity contribution in [3.8, 4) is 5.75 Å². The van der Waals surface area contributed by atoms with Gasteiger partial charge < -0.3 is 34.5 Å². The van der Waals surface area contributed by atoms with E-state index in [0.29, 0.717) is 30.4 Å². The van der Waals surface area contributed by atoms with Gasteiger partial charge in [-0.1, -0.05) is 12.1 Å². The minimum atomic E-state index is -1.28. The summed E-state index contributed by atoms with van der Waals surface area (Å²) in [5, 5.41) is 25.2. The second-order valence-electron chi connectivity index (χ2n) is 12.7. The van der Waals surface area contributed by atoms with Crippen molar-refractivity contribution in [1.29, 1.82) is 0 Å². The molecule has 5 aliphatic rings. The van der Waals surface area contributed by atoms with Crippen molar-refractivity contribution in [2.24, 2.45) is 17.8 Å². The van der Waals surface area contributed by atoms with Crippen LogP contribution in [-0.2, 0) is 33.4 Å². The molecular formula is C35H38N2O12. The second-order valence-corrected chi connectivity index (χ2v) is 12.7. The van der Waals surface area contributed by atoms with Gasteiger partial charge in [-0.2, -0.15) is 0 Å². The molecule has 2 fully saturated rings. The first kappa shape index (κ1) is 34.2. The van der Waals surface area contributed by atoms with E-state index in [9.17, 15) is 39.0 Å². The number of nitrogens with zero attached hydrogens (tertiary/aromatic N) is 1. The average Bonchev–Trinajstić information content (AvgIpc) is 3.43. The van der Waals surface area contributed by atoms with Crippen LogP contribution >= 0.6 is 0 Å². The van der Waals surface area contributed by atoms with Gasteiger partial charge in [0.2, 0.25) is 5.91 Å². The number of carbonyl (C=O) groups excluding carboxylic acids is 6. The molecule has 3 amide bonds. The SMILES string of the molecule is COc1cccc2c1C(=O)C1C(O)=C3CCC(C(=O)COC4CCCC(COCC(=O)NCCN5C(=O)C=CC5=O)O4)CC3=C(O)C1C2=O. The maximum atomic E-state index is 13.5. The Balaban J connectivity index is 0.980. The fourth-order valence-electron chi connectivity index (χ4n) is 7.18. The van der Waals surface area contributed by atoms with Crippen molar-refractivity contribution < 1.29 is 57.9 Å². The van der Waals surface area contributed by atoms with Gasteiger partial charge in [-0.3, -0.25) is 33.7 Å². The van der Waals surface area contributed by atoms with E-state index in [2.05, 4.69) is 5.32 Å². The highest BCUT2D eigenvalue weighted by Gasteiger charge is 2.52. The molecule has 5 atom stereocenters. The lowest BCUT2D eigenvalue weighted by molar-refractivity contribution is -0.205. The Bertz CT molecular complexity index is 1660. The summed E-state index contributed by atoms with van der Waals surface area (Å²) in [6, 6.07) is 4.66. The van der Waals surface area contributed by atoms with Gasteiger partial charge >= 0.3 is 0 Å². The molecule has 14 heteroatoms. The zero-order valence-corrected chi connectivity index (χ0v) is 27.0. The number of rotatable bonds is 12. The number of nitrogens with one attached hydrogen (secondary N) is 1. The molecule has 3 aliphatic carbocycles. The number of hydrogen-bond donors (Lipinski definition) is 3. The van der Waals surface area contributed by atoms with Crippen LogP contribution in [0.5, 0.6) is 5.75 Å². The standard InChI is InChI=1S/C35H38N2O12/c1-46-24-6-3-5-21-29(24)35(45)31-30(33(21)43)34(44)22-14-18(8-9-20(22)32(31)42)23(38)16-48-28-7-2-4-19(49-28)15-47-17-25(39)36-12-13-37-26(40)10-11-27(37)41/h3,5-6,10-11,18-19,28,30-31,42,44H,2,4,7-9,12-17H2,1H3,(H,36,39). The first-order valence-corrected chi connectivity index (χ1v) is 16.4. The number of aliphatic hydroxyl groups excluding tert-OH is 2. The molecule has 49 heavy (non-hydrogen) atoms. The van der Waals surface area contributed by atoms with Gasteiger partial charge in [0, 0.05) is 36.7 Å². The van der Waals surface area contributed by atoms with Crippen LogP contribution in [0, 0.1) is 17.8 Å². The number of Topliss-reactive ketones (excluding diaryl/α,β-unsaturated/α-hetero) is 3. The normalized spacial score (nSPS) is 26.5. The highest BCUT2D eigenvalue weighted by atomic mass is 16.7. The summed E-state index contributed by atoms with van der Waals surface area (Å²) >= 11 is 0. The number of imide groups is 1. The summed E-state index contributed by atoms with van der Waals surface area (Å²) < 4.78 is 22.6. The summed E-state index contributed by atoms with van der Waals surface area (Å²) in [5.41, 5.74) is 0.921. The van der Waals surface area contributed by atoms with E-state index >= 15 is 0 Å². The molecule has 3 N–H and O–H groups in total. The average molecular weight is 679 g/mol. The van der Waals surface area contributed by atoms with Crippen LogP contribution in [0.4, 0.5) is 0 Å². The van der Waals surface area contributed by atoms with Gasteiger partial charge in [-0.25, -0.2) is 0 Å². The number of ether oxygens (including phenoxy) is 4. The van der Waals surface area contributed by atoms with Crippen LogP contribution in [0.3, 0.4) is 0 Å². The van der Waals surface area contributed by atoms with Crippen LogP contribution in [0.25, 0.3) is 0 Å². The van der Waals surface area contributed by atoms with Crippen molar-refractivity contribution >= 4 is 35.1 Å². The van der Waals surface area contributed by atoms with Crippen LogP contribution in [0.15, 0.2) is 53.0 Å². The molecule has 0 aromatic heterocycles. The van der Waals surface area contributed by atoms with Gasteiger partial charge in [-0.15, -0.1) is 0 Å². The molecule has 1 saturated carbocycles. The molecule has 0 bridgehead atoms. The van der Waals surface area contributed by atoms with Crippen LogP contribution in [0.2, 0.25) is 0 Å². The second kappa shape index (κ2) is 14.4. The minimum Gasteiger partial charge on any atom is -0.511 e. The highest BCUT2D eigenvalue weighted by molar-refractivity contribution is 6.19. The molecule has 6 rings (SSSR count). The van der Waals surface area contributed by atoms with Crippen molar-refractivity contribution in [3.05, 3.63) is 64.1 Å². The predicted molar refractivity (Wildman–Crippen MR) is 168 cm³/mol. The molecule has 1 aromatic rings. The summed E-state index contributed by atoms with van der Waals surface area (Å²) in [6.45, 7) is -0.179. The largest absolute Gasteiger partial charge is 0.511 e. The number of aliphatic hydroxyl groups is 2. The number of allylic oxidation sites excluding steroid dienone is 4.